The van der Waals surface area contributed by atoms with Crippen LogP contribution in [0, 0.1) is 13.8 Å². The van der Waals surface area contributed by atoms with Gasteiger partial charge in [-0.3, -0.25) is 4.98 Å². The predicted octanol–water partition coefficient (Wildman–Crippen LogP) is 3.39. The third-order valence-electron chi connectivity index (χ3n) is 3.29. The van der Waals surface area contributed by atoms with Gasteiger partial charge in [0.2, 0.25) is 0 Å². The third kappa shape index (κ3) is 4.07. The molecule has 0 aliphatic carbocycles. The number of hydrogen-bond acceptors (Lipinski definition) is 3. The molecule has 1 heterocycles. The fraction of sp³-hybridized carbons (Fsp3) is 0.353. The summed E-state index contributed by atoms with van der Waals surface area (Å²) < 4.78 is 5.80. The molecule has 0 spiro atoms. The van der Waals surface area contributed by atoms with Gasteiger partial charge in [-0.25, -0.2) is 0 Å². The van der Waals surface area contributed by atoms with Crippen LogP contribution in [0.25, 0.3) is 0 Å². The lowest BCUT2D eigenvalue weighted by atomic mass is 10.1. The molecule has 0 fully saturated rings. The number of ether oxygens (including phenoxy) is 1. The van der Waals surface area contributed by atoms with Crippen LogP contribution in [-0.2, 0) is 13.2 Å². The van der Waals surface area contributed by atoms with E-state index >= 15 is 0 Å². The van der Waals surface area contributed by atoms with Crippen molar-refractivity contribution in [3.05, 3.63) is 58.9 Å². The maximum absolute atomic E-state index is 5.80. The number of nitrogens with one attached hydrogen (secondary N) is 1. The van der Waals surface area contributed by atoms with E-state index in [4.69, 9.17) is 4.74 Å². The average Bonchev–Trinajstić information content (AvgIpc) is 2.47. The number of pyridine rings is 1. The van der Waals surface area contributed by atoms with E-state index in [1.807, 2.05) is 24.3 Å². The van der Waals surface area contributed by atoms with Gasteiger partial charge >= 0.3 is 0 Å². The van der Waals surface area contributed by atoms with E-state index in [0.717, 1.165) is 30.2 Å². The largest absolute Gasteiger partial charge is 0.487 e. The Morgan fingerprint density at radius 2 is 1.85 bits per heavy atom. The van der Waals surface area contributed by atoms with Crippen LogP contribution in [0.5, 0.6) is 5.75 Å². The summed E-state index contributed by atoms with van der Waals surface area (Å²) in [5, 5.41) is 3.28. The second-order valence-corrected chi connectivity index (χ2v) is 4.94. The number of rotatable bonds is 6. The van der Waals surface area contributed by atoms with Crippen molar-refractivity contribution in [3.63, 3.8) is 0 Å². The van der Waals surface area contributed by atoms with E-state index < -0.39 is 0 Å². The molecule has 0 saturated heterocycles. The van der Waals surface area contributed by atoms with Gasteiger partial charge < -0.3 is 10.1 Å². The van der Waals surface area contributed by atoms with Crippen LogP contribution in [-0.4, -0.2) is 11.5 Å². The number of aromatic nitrogens is 1. The summed E-state index contributed by atoms with van der Waals surface area (Å²) in [6, 6.07) is 12.2. The van der Waals surface area contributed by atoms with Crippen molar-refractivity contribution < 1.29 is 4.74 Å². The molecule has 2 rings (SSSR count). The van der Waals surface area contributed by atoms with Crippen molar-refractivity contribution in [3.8, 4) is 5.75 Å². The highest BCUT2D eigenvalue weighted by atomic mass is 16.5. The van der Waals surface area contributed by atoms with Crippen LogP contribution in [0.1, 0.15) is 29.4 Å². The Balaban J connectivity index is 1.97. The van der Waals surface area contributed by atoms with Gasteiger partial charge in [0, 0.05) is 6.54 Å². The van der Waals surface area contributed by atoms with Gasteiger partial charge in [-0.2, -0.15) is 0 Å². The summed E-state index contributed by atoms with van der Waals surface area (Å²) in [6.45, 7) is 8.54. The van der Waals surface area contributed by atoms with Gasteiger partial charge in [0.25, 0.3) is 0 Å². The molecule has 1 aromatic carbocycles. The van der Waals surface area contributed by atoms with Crippen molar-refractivity contribution >= 4 is 0 Å². The highest BCUT2D eigenvalue weighted by Crippen LogP contribution is 2.17. The molecule has 3 heteroatoms. The van der Waals surface area contributed by atoms with Gasteiger partial charge in [-0.15, -0.1) is 0 Å². The van der Waals surface area contributed by atoms with Gasteiger partial charge in [0.1, 0.15) is 12.4 Å². The van der Waals surface area contributed by atoms with Crippen molar-refractivity contribution in [2.75, 3.05) is 6.54 Å². The minimum absolute atomic E-state index is 0.502. The van der Waals surface area contributed by atoms with Gasteiger partial charge in [0.15, 0.2) is 0 Å². The fourth-order valence-corrected chi connectivity index (χ4v) is 1.92. The Bertz CT molecular complexity index is 567. The molecule has 0 atom stereocenters. The Morgan fingerprint density at radius 1 is 1.05 bits per heavy atom. The van der Waals surface area contributed by atoms with Crippen molar-refractivity contribution in [1.29, 1.82) is 0 Å². The molecule has 0 amide bonds. The normalized spacial score (nSPS) is 10.6. The van der Waals surface area contributed by atoms with Crippen LogP contribution < -0.4 is 10.1 Å². The Labute approximate surface area is 121 Å². The smallest absolute Gasteiger partial charge is 0.130 e. The number of nitrogens with zero attached hydrogens (tertiary/aromatic N) is 1. The van der Waals surface area contributed by atoms with E-state index in [2.05, 4.69) is 43.2 Å². The van der Waals surface area contributed by atoms with Crippen molar-refractivity contribution in [2.24, 2.45) is 0 Å². The summed E-state index contributed by atoms with van der Waals surface area (Å²) in [6.07, 6.45) is 0. The van der Waals surface area contributed by atoms with Crippen molar-refractivity contribution in [2.45, 2.75) is 33.9 Å². The lowest BCUT2D eigenvalue weighted by Crippen LogP contribution is -2.13. The van der Waals surface area contributed by atoms with E-state index in [9.17, 15) is 0 Å². The standard InChI is InChI=1S/C17H22N2O/c1-4-18-11-15-6-5-7-16(19-15)12-20-17-9-8-13(2)14(3)10-17/h5-10,18H,4,11-12H2,1-3H3. The minimum atomic E-state index is 0.502. The Kier molecular flexibility index (Phi) is 5.13. The topological polar surface area (TPSA) is 34.1 Å². The second-order valence-electron chi connectivity index (χ2n) is 4.94. The molecule has 0 aliphatic rings. The van der Waals surface area contributed by atoms with Crippen LogP contribution in [0.3, 0.4) is 0 Å². The SMILES string of the molecule is CCNCc1cccc(COc2ccc(C)c(C)c2)n1. The fourth-order valence-electron chi connectivity index (χ4n) is 1.92. The molecule has 1 aromatic heterocycles. The first-order valence-electron chi connectivity index (χ1n) is 7.04. The summed E-state index contributed by atoms with van der Waals surface area (Å²) in [5.74, 6) is 0.895. The molecular formula is C17H22N2O. The van der Waals surface area contributed by atoms with Crippen LogP contribution in [0.2, 0.25) is 0 Å². The van der Waals surface area contributed by atoms with Gasteiger partial charge in [-0.1, -0.05) is 19.1 Å². The number of hydrogen-bond donors (Lipinski definition) is 1. The monoisotopic (exact) mass is 270 g/mol. The highest BCUT2D eigenvalue weighted by Gasteiger charge is 2.01. The first-order valence-corrected chi connectivity index (χ1v) is 7.04. The van der Waals surface area contributed by atoms with Crippen LogP contribution in [0.15, 0.2) is 36.4 Å². The minimum Gasteiger partial charge on any atom is -0.487 e. The molecule has 0 saturated carbocycles. The van der Waals surface area contributed by atoms with E-state index in [1.165, 1.54) is 11.1 Å². The third-order valence-corrected chi connectivity index (χ3v) is 3.29. The molecule has 0 bridgehead atoms. The van der Waals surface area contributed by atoms with Crippen LogP contribution in [0.4, 0.5) is 0 Å². The lowest BCUT2D eigenvalue weighted by molar-refractivity contribution is 0.300. The molecule has 0 aliphatic heterocycles. The molecule has 2 aromatic rings. The summed E-state index contributed by atoms with van der Waals surface area (Å²) in [4.78, 5) is 4.58. The number of benzene rings is 1. The lowest BCUT2D eigenvalue weighted by Gasteiger charge is -2.09. The van der Waals surface area contributed by atoms with E-state index in [0.29, 0.717) is 6.61 Å². The summed E-state index contributed by atoms with van der Waals surface area (Å²) in [7, 11) is 0. The average molecular weight is 270 g/mol. The zero-order chi connectivity index (χ0) is 14.4. The van der Waals surface area contributed by atoms with Gasteiger partial charge in [0.05, 0.1) is 11.4 Å². The Morgan fingerprint density at radius 3 is 2.60 bits per heavy atom. The first-order chi connectivity index (χ1) is 9.69. The summed E-state index contributed by atoms with van der Waals surface area (Å²) >= 11 is 0. The molecule has 0 radical (unpaired) electrons. The molecule has 3 nitrogen and oxygen atoms in total. The maximum atomic E-state index is 5.80. The first kappa shape index (κ1) is 14.5. The molecule has 106 valence electrons. The zero-order valence-corrected chi connectivity index (χ0v) is 12.4. The Hall–Kier alpha value is -1.87. The van der Waals surface area contributed by atoms with Crippen molar-refractivity contribution in [1.82, 2.24) is 10.3 Å². The predicted molar refractivity (Wildman–Crippen MR) is 81.9 cm³/mol. The highest BCUT2D eigenvalue weighted by molar-refractivity contribution is 5.33. The maximum Gasteiger partial charge on any atom is 0.130 e. The van der Waals surface area contributed by atoms with E-state index in [-0.39, 0.29) is 0 Å². The quantitative estimate of drug-likeness (QED) is 0.873. The van der Waals surface area contributed by atoms with Crippen LogP contribution >= 0.6 is 0 Å². The summed E-state index contributed by atoms with van der Waals surface area (Å²) in [5.41, 5.74) is 4.53. The van der Waals surface area contributed by atoms with E-state index in [1.54, 1.807) is 0 Å². The zero-order valence-electron chi connectivity index (χ0n) is 12.4. The molecule has 1 N–H and O–H groups in total. The van der Waals surface area contributed by atoms with Gasteiger partial charge in [-0.05, 0) is 55.8 Å². The number of aryl methyl sites for hydroxylation is 2. The molecular weight excluding hydrogens is 248 g/mol. The molecule has 0 unspecified atom stereocenters. The second kappa shape index (κ2) is 7.06. The molecule has 20 heavy (non-hydrogen) atoms.